The lowest BCUT2D eigenvalue weighted by Gasteiger charge is -2.14. The van der Waals surface area contributed by atoms with E-state index in [0.29, 0.717) is 24.2 Å². The first kappa shape index (κ1) is 13.5. The maximum Gasteiger partial charge on any atom is 0.161 e. The molecule has 0 amide bonds. The molecule has 0 saturated carbocycles. The Morgan fingerprint density at radius 2 is 2.24 bits per heavy atom. The van der Waals surface area contributed by atoms with Crippen LogP contribution in [0.5, 0.6) is 11.5 Å². The lowest BCUT2D eigenvalue weighted by atomic mass is 10.0. The fraction of sp³-hybridized carbons (Fsp3) is 0.385. The van der Waals surface area contributed by atoms with Gasteiger partial charge < -0.3 is 20.7 Å². The van der Waals surface area contributed by atoms with Crippen LogP contribution in [0.15, 0.2) is 24.8 Å². The summed E-state index contributed by atoms with van der Waals surface area (Å²) in [5, 5.41) is 18.9. The minimum absolute atomic E-state index is 0.0872. The molecule has 4 nitrogen and oxygen atoms in total. The minimum atomic E-state index is -0.385. The normalized spacial score (nSPS) is 12.2. The molecule has 1 unspecified atom stereocenters. The molecule has 0 heterocycles. The Morgan fingerprint density at radius 3 is 2.76 bits per heavy atom. The quantitative estimate of drug-likeness (QED) is 0.645. The number of nitrogens with two attached hydrogens (primary N) is 1. The van der Waals surface area contributed by atoms with Crippen LogP contribution in [0.4, 0.5) is 0 Å². The molecule has 1 aromatic rings. The highest BCUT2D eigenvalue weighted by Gasteiger charge is 2.12. The van der Waals surface area contributed by atoms with Crippen LogP contribution in [0.25, 0.3) is 0 Å². The number of methoxy groups -OCH3 is 1. The van der Waals surface area contributed by atoms with E-state index in [9.17, 15) is 5.11 Å². The number of hydrogen-bond acceptors (Lipinski definition) is 4. The standard InChI is InChI=1S/C13H19NO3/c1-3-4-9-5-10(7-11(14)8-15)13(16)12(6-9)17-2/h3,5-6,11,15-16H,1,4,7-8,14H2,2H3. The van der Waals surface area contributed by atoms with Crippen molar-refractivity contribution >= 4 is 0 Å². The Morgan fingerprint density at radius 1 is 1.53 bits per heavy atom. The van der Waals surface area contributed by atoms with Crippen LogP contribution in [-0.4, -0.2) is 30.0 Å². The summed E-state index contributed by atoms with van der Waals surface area (Å²) in [5.41, 5.74) is 7.35. The van der Waals surface area contributed by atoms with Crippen molar-refractivity contribution in [1.82, 2.24) is 0 Å². The molecule has 0 fully saturated rings. The smallest absolute Gasteiger partial charge is 0.161 e. The van der Waals surface area contributed by atoms with Crippen LogP contribution in [0.2, 0.25) is 0 Å². The van der Waals surface area contributed by atoms with Crippen molar-refractivity contribution in [3.8, 4) is 11.5 Å². The van der Waals surface area contributed by atoms with Crippen LogP contribution in [0.3, 0.4) is 0 Å². The van der Waals surface area contributed by atoms with Crippen LogP contribution >= 0.6 is 0 Å². The molecular weight excluding hydrogens is 218 g/mol. The molecule has 4 N–H and O–H groups in total. The second-order valence-electron chi connectivity index (χ2n) is 3.95. The van der Waals surface area contributed by atoms with E-state index in [-0.39, 0.29) is 18.4 Å². The first-order valence-corrected chi connectivity index (χ1v) is 5.48. The average molecular weight is 237 g/mol. The topological polar surface area (TPSA) is 75.7 Å². The molecular formula is C13H19NO3. The molecule has 0 aliphatic rings. The van der Waals surface area contributed by atoms with Gasteiger partial charge in [-0.05, 0) is 30.0 Å². The summed E-state index contributed by atoms with van der Waals surface area (Å²) in [6.07, 6.45) is 2.88. The van der Waals surface area contributed by atoms with E-state index < -0.39 is 0 Å². The predicted octanol–water partition coefficient (Wildman–Crippen LogP) is 0.991. The van der Waals surface area contributed by atoms with Crippen LogP contribution in [0, 0.1) is 0 Å². The third-order valence-electron chi connectivity index (χ3n) is 2.53. The van der Waals surface area contributed by atoms with Gasteiger partial charge in [0.05, 0.1) is 13.7 Å². The molecule has 17 heavy (non-hydrogen) atoms. The van der Waals surface area contributed by atoms with Crippen molar-refractivity contribution in [2.75, 3.05) is 13.7 Å². The third-order valence-corrected chi connectivity index (χ3v) is 2.53. The SMILES string of the molecule is C=CCc1cc(CC(N)CO)c(O)c(OC)c1. The summed E-state index contributed by atoms with van der Waals surface area (Å²) in [4.78, 5) is 0. The van der Waals surface area contributed by atoms with Gasteiger partial charge in [-0.15, -0.1) is 6.58 Å². The zero-order valence-electron chi connectivity index (χ0n) is 10.0. The van der Waals surface area contributed by atoms with E-state index in [1.807, 2.05) is 6.07 Å². The monoisotopic (exact) mass is 237 g/mol. The number of phenolic OH excluding ortho intramolecular Hbond substituents is 1. The second kappa shape index (κ2) is 6.27. The first-order valence-electron chi connectivity index (χ1n) is 5.48. The minimum Gasteiger partial charge on any atom is -0.504 e. The highest BCUT2D eigenvalue weighted by atomic mass is 16.5. The van der Waals surface area contributed by atoms with E-state index >= 15 is 0 Å². The number of aliphatic hydroxyl groups is 1. The van der Waals surface area contributed by atoms with Crippen LogP contribution < -0.4 is 10.5 Å². The molecule has 1 aromatic carbocycles. The van der Waals surface area contributed by atoms with Gasteiger partial charge in [0.2, 0.25) is 0 Å². The molecule has 1 rings (SSSR count). The Balaban J connectivity index is 3.08. The van der Waals surface area contributed by atoms with Crippen molar-refractivity contribution in [3.05, 3.63) is 35.9 Å². The van der Waals surface area contributed by atoms with Gasteiger partial charge in [-0.2, -0.15) is 0 Å². The van der Waals surface area contributed by atoms with Crippen molar-refractivity contribution in [2.45, 2.75) is 18.9 Å². The molecule has 0 spiro atoms. The van der Waals surface area contributed by atoms with Crippen molar-refractivity contribution < 1.29 is 14.9 Å². The zero-order valence-corrected chi connectivity index (χ0v) is 10.0. The van der Waals surface area contributed by atoms with Crippen molar-refractivity contribution in [1.29, 1.82) is 0 Å². The highest BCUT2D eigenvalue weighted by molar-refractivity contribution is 5.49. The summed E-state index contributed by atoms with van der Waals surface area (Å²) in [6.45, 7) is 3.56. The lowest BCUT2D eigenvalue weighted by molar-refractivity contribution is 0.264. The number of rotatable bonds is 6. The number of benzene rings is 1. The molecule has 94 valence electrons. The predicted molar refractivity (Wildman–Crippen MR) is 67.3 cm³/mol. The molecule has 1 atom stereocenters. The van der Waals surface area contributed by atoms with E-state index in [2.05, 4.69) is 6.58 Å². The van der Waals surface area contributed by atoms with Crippen molar-refractivity contribution in [2.24, 2.45) is 5.73 Å². The number of hydrogen-bond donors (Lipinski definition) is 3. The summed E-state index contributed by atoms with van der Waals surface area (Å²) in [5.74, 6) is 0.508. The Kier molecular flexibility index (Phi) is 5.00. The molecule has 0 aliphatic heterocycles. The van der Waals surface area contributed by atoms with Crippen molar-refractivity contribution in [3.63, 3.8) is 0 Å². The number of aliphatic hydroxyl groups excluding tert-OH is 1. The van der Waals surface area contributed by atoms with Gasteiger partial charge in [0, 0.05) is 6.04 Å². The molecule has 0 aliphatic carbocycles. The summed E-state index contributed by atoms with van der Waals surface area (Å²) >= 11 is 0. The van der Waals surface area contributed by atoms with Gasteiger partial charge in [-0.25, -0.2) is 0 Å². The van der Waals surface area contributed by atoms with E-state index in [0.717, 1.165) is 5.56 Å². The summed E-state index contributed by atoms with van der Waals surface area (Å²) in [7, 11) is 1.50. The second-order valence-corrected chi connectivity index (χ2v) is 3.95. The Bertz CT molecular complexity index is 390. The molecule has 0 bridgehead atoms. The Hall–Kier alpha value is -1.52. The molecule has 4 heteroatoms. The number of aromatic hydroxyl groups is 1. The largest absolute Gasteiger partial charge is 0.504 e. The number of phenols is 1. The van der Waals surface area contributed by atoms with Gasteiger partial charge in [-0.1, -0.05) is 12.1 Å². The van der Waals surface area contributed by atoms with Crippen LogP contribution in [-0.2, 0) is 12.8 Å². The zero-order chi connectivity index (χ0) is 12.8. The average Bonchev–Trinajstić information content (AvgIpc) is 2.33. The lowest BCUT2D eigenvalue weighted by Crippen LogP contribution is -2.26. The van der Waals surface area contributed by atoms with Gasteiger partial charge in [0.1, 0.15) is 0 Å². The maximum atomic E-state index is 9.94. The molecule has 0 aromatic heterocycles. The Labute approximate surface area is 101 Å². The highest BCUT2D eigenvalue weighted by Crippen LogP contribution is 2.32. The summed E-state index contributed by atoms with van der Waals surface area (Å²) < 4.78 is 5.10. The fourth-order valence-electron chi connectivity index (χ4n) is 1.67. The molecule has 0 saturated heterocycles. The summed E-state index contributed by atoms with van der Waals surface area (Å²) in [6, 6.07) is 3.24. The van der Waals surface area contributed by atoms with Gasteiger partial charge in [-0.3, -0.25) is 0 Å². The van der Waals surface area contributed by atoms with E-state index in [4.69, 9.17) is 15.6 Å². The van der Waals surface area contributed by atoms with Gasteiger partial charge in [0.15, 0.2) is 11.5 Å². The van der Waals surface area contributed by atoms with E-state index in [1.165, 1.54) is 7.11 Å². The fourth-order valence-corrected chi connectivity index (χ4v) is 1.67. The number of ether oxygens (including phenoxy) is 1. The van der Waals surface area contributed by atoms with Gasteiger partial charge >= 0.3 is 0 Å². The van der Waals surface area contributed by atoms with Gasteiger partial charge in [0.25, 0.3) is 0 Å². The first-order chi connectivity index (χ1) is 8.12. The third kappa shape index (κ3) is 3.47. The molecule has 0 radical (unpaired) electrons. The number of allylic oxidation sites excluding steroid dienone is 1. The van der Waals surface area contributed by atoms with E-state index in [1.54, 1.807) is 12.1 Å². The maximum absolute atomic E-state index is 9.94. The van der Waals surface area contributed by atoms with Crippen LogP contribution in [0.1, 0.15) is 11.1 Å².